The second kappa shape index (κ2) is 8.14. The van der Waals surface area contributed by atoms with E-state index in [2.05, 4.69) is 57.7 Å². The number of rotatable bonds is 9. The van der Waals surface area contributed by atoms with Crippen molar-refractivity contribution in [2.45, 2.75) is 27.2 Å². The van der Waals surface area contributed by atoms with E-state index in [1.165, 1.54) is 6.42 Å². The van der Waals surface area contributed by atoms with E-state index >= 15 is 0 Å². The minimum Gasteiger partial charge on any atom is -0.368 e. The summed E-state index contributed by atoms with van der Waals surface area (Å²) in [4.78, 5) is 12.6. The second-order valence-electron chi connectivity index (χ2n) is 4.93. The molecule has 2 N–H and O–H groups in total. The molecule has 0 bridgehead atoms. The van der Waals surface area contributed by atoms with Crippen LogP contribution in [0.5, 0.6) is 0 Å². The molecule has 0 aliphatic heterocycles. The average Bonchev–Trinajstić information content (AvgIpc) is 2.95. The van der Waals surface area contributed by atoms with Crippen molar-refractivity contribution in [1.82, 2.24) is 14.9 Å². The van der Waals surface area contributed by atoms with E-state index in [0.717, 1.165) is 48.8 Å². The lowest BCUT2D eigenvalue weighted by Crippen LogP contribution is -2.29. The van der Waals surface area contributed by atoms with E-state index in [0.29, 0.717) is 5.95 Å². The van der Waals surface area contributed by atoms with Crippen molar-refractivity contribution in [2.24, 2.45) is 0 Å². The lowest BCUT2D eigenvalue weighted by Gasteiger charge is -2.19. The Kier molecular flexibility index (Phi) is 6.20. The van der Waals surface area contributed by atoms with Crippen LogP contribution in [0.3, 0.4) is 0 Å². The number of likely N-dealkylation sites (N-methyl/N-ethyl adjacent to an activating group) is 1. The van der Waals surface area contributed by atoms with Gasteiger partial charge in [-0.25, -0.2) is 4.98 Å². The number of aromatic nitrogens is 2. The minimum atomic E-state index is 0.704. The van der Waals surface area contributed by atoms with Gasteiger partial charge in [-0.3, -0.25) is 0 Å². The quantitative estimate of drug-likeness (QED) is 0.744. The number of anilines is 2. The van der Waals surface area contributed by atoms with Crippen molar-refractivity contribution >= 4 is 33.3 Å². The molecule has 0 fully saturated rings. The lowest BCUT2D eigenvalue weighted by molar-refractivity contribution is 0.300. The largest absolute Gasteiger partial charge is 0.368 e. The van der Waals surface area contributed by atoms with Gasteiger partial charge in [-0.2, -0.15) is 4.98 Å². The van der Waals surface area contributed by atoms with Crippen LogP contribution in [0.2, 0.25) is 0 Å². The Bertz CT molecular complexity index is 554. The highest BCUT2D eigenvalue weighted by molar-refractivity contribution is 7.16. The molecule has 5 nitrogen and oxygen atoms in total. The van der Waals surface area contributed by atoms with Crippen molar-refractivity contribution in [3.63, 3.8) is 0 Å². The molecule has 2 rings (SSSR count). The molecule has 2 heterocycles. The second-order valence-corrected chi connectivity index (χ2v) is 5.82. The summed E-state index contributed by atoms with van der Waals surface area (Å²) in [6.07, 6.45) is 1.20. The fourth-order valence-corrected chi connectivity index (χ4v) is 3.07. The summed E-state index contributed by atoms with van der Waals surface area (Å²) in [6.45, 7) is 11.5. The van der Waals surface area contributed by atoms with Gasteiger partial charge in [-0.1, -0.05) is 13.8 Å². The highest BCUT2D eigenvalue weighted by atomic mass is 32.1. The zero-order valence-electron chi connectivity index (χ0n) is 13.1. The first-order chi connectivity index (χ1) is 10.3. The van der Waals surface area contributed by atoms with Crippen LogP contribution in [0.15, 0.2) is 11.4 Å². The third-order valence-electron chi connectivity index (χ3n) is 3.37. The summed E-state index contributed by atoms with van der Waals surface area (Å²) < 4.78 is 0. The number of hydrogen-bond acceptors (Lipinski definition) is 6. The fraction of sp³-hybridized carbons (Fsp3) is 0.600. The molecule has 0 atom stereocenters. The van der Waals surface area contributed by atoms with Gasteiger partial charge in [0.05, 0.1) is 5.39 Å². The Balaban J connectivity index is 2.04. The summed E-state index contributed by atoms with van der Waals surface area (Å²) in [5.41, 5.74) is 0. The summed E-state index contributed by atoms with van der Waals surface area (Å²) in [7, 11) is 0. The first-order valence-electron chi connectivity index (χ1n) is 7.73. The van der Waals surface area contributed by atoms with Gasteiger partial charge < -0.3 is 15.5 Å². The molecule has 0 radical (unpaired) electrons. The van der Waals surface area contributed by atoms with Crippen LogP contribution >= 0.6 is 11.3 Å². The Morgan fingerprint density at radius 1 is 1.14 bits per heavy atom. The van der Waals surface area contributed by atoms with Gasteiger partial charge >= 0.3 is 0 Å². The van der Waals surface area contributed by atoms with Crippen molar-refractivity contribution in [1.29, 1.82) is 0 Å². The van der Waals surface area contributed by atoms with Crippen LogP contribution in [-0.4, -0.2) is 47.6 Å². The molecular formula is C15H25N5S. The Morgan fingerprint density at radius 3 is 2.71 bits per heavy atom. The molecule has 2 aromatic rings. The summed E-state index contributed by atoms with van der Waals surface area (Å²) in [5, 5.41) is 9.84. The SMILES string of the molecule is CCCN(CC)CCNc1nc(NCC)nc2sccc12. The van der Waals surface area contributed by atoms with Crippen LogP contribution in [0.4, 0.5) is 11.8 Å². The van der Waals surface area contributed by atoms with Crippen molar-refractivity contribution in [3.05, 3.63) is 11.4 Å². The van der Waals surface area contributed by atoms with Crippen molar-refractivity contribution < 1.29 is 0 Å². The average molecular weight is 307 g/mol. The van der Waals surface area contributed by atoms with E-state index in [1.54, 1.807) is 11.3 Å². The molecule has 0 aliphatic carbocycles. The standard InChI is InChI=1S/C15H25N5S/c1-4-9-20(6-3)10-8-17-13-12-7-11-21-14(12)19-15(18-13)16-5-2/h7,11H,4-6,8-10H2,1-3H3,(H2,16,17,18,19). The topological polar surface area (TPSA) is 53.1 Å². The summed E-state index contributed by atoms with van der Waals surface area (Å²) >= 11 is 1.65. The van der Waals surface area contributed by atoms with Gasteiger partial charge in [0.1, 0.15) is 10.6 Å². The normalized spacial score (nSPS) is 11.2. The molecule has 0 spiro atoms. The molecule has 116 valence electrons. The number of nitrogens with zero attached hydrogens (tertiary/aromatic N) is 3. The van der Waals surface area contributed by atoms with Crippen molar-refractivity contribution in [3.8, 4) is 0 Å². The maximum absolute atomic E-state index is 4.59. The van der Waals surface area contributed by atoms with Gasteiger partial charge in [-0.05, 0) is 37.9 Å². The van der Waals surface area contributed by atoms with E-state index in [4.69, 9.17) is 0 Å². The number of fused-ring (bicyclic) bond motifs is 1. The summed E-state index contributed by atoms with van der Waals surface area (Å²) in [5.74, 6) is 1.64. The Hall–Kier alpha value is -1.40. The van der Waals surface area contributed by atoms with Gasteiger partial charge in [0.15, 0.2) is 0 Å². The van der Waals surface area contributed by atoms with Crippen LogP contribution in [0.25, 0.3) is 10.2 Å². The predicted octanol–water partition coefficient (Wildman–Crippen LogP) is 3.27. The van der Waals surface area contributed by atoms with Crippen LogP contribution in [-0.2, 0) is 0 Å². The lowest BCUT2D eigenvalue weighted by atomic mass is 10.3. The Morgan fingerprint density at radius 2 is 2.00 bits per heavy atom. The molecular weight excluding hydrogens is 282 g/mol. The highest BCUT2D eigenvalue weighted by Gasteiger charge is 2.08. The van der Waals surface area contributed by atoms with E-state index in [9.17, 15) is 0 Å². The molecule has 0 aliphatic rings. The molecule has 0 unspecified atom stereocenters. The molecule has 0 saturated heterocycles. The van der Waals surface area contributed by atoms with Gasteiger partial charge in [0.25, 0.3) is 0 Å². The Labute approximate surface area is 130 Å². The number of hydrogen-bond donors (Lipinski definition) is 2. The van der Waals surface area contributed by atoms with Gasteiger partial charge in [0, 0.05) is 19.6 Å². The maximum Gasteiger partial charge on any atom is 0.226 e. The highest BCUT2D eigenvalue weighted by Crippen LogP contribution is 2.26. The predicted molar refractivity (Wildman–Crippen MR) is 92.5 cm³/mol. The maximum atomic E-state index is 4.59. The summed E-state index contributed by atoms with van der Waals surface area (Å²) in [6, 6.07) is 2.09. The molecule has 21 heavy (non-hydrogen) atoms. The van der Waals surface area contributed by atoms with E-state index < -0.39 is 0 Å². The smallest absolute Gasteiger partial charge is 0.226 e. The first kappa shape index (κ1) is 16.0. The molecule has 0 aromatic carbocycles. The van der Waals surface area contributed by atoms with Crippen LogP contribution in [0.1, 0.15) is 27.2 Å². The van der Waals surface area contributed by atoms with Crippen LogP contribution in [0, 0.1) is 0 Å². The fourth-order valence-electron chi connectivity index (χ4n) is 2.30. The number of thiophene rings is 1. The monoisotopic (exact) mass is 307 g/mol. The molecule has 0 amide bonds. The first-order valence-corrected chi connectivity index (χ1v) is 8.61. The zero-order valence-corrected chi connectivity index (χ0v) is 14.0. The molecule has 0 saturated carbocycles. The van der Waals surface area contributed by atoms with Gasteiger partial charge in [0.2, 0.25) is 5.95 Å². The third kappa shape index (κ3) is 4.28. The molecule has 2 aromatic heterocycles. The molecule has 6 heteroatoms. The van der Waals surface area contributed by atoms with Crippen molar-refractivity contribution in [2.75, 3.05) is 43.4 Å². The van der Waals surface area contributed by atoms with Gasteiger partial charge in [-0.15, -0.1) is 11.3 Å². The zero-order chi connectivity index (χ0) is 15.1. The minimum absolute atomic E-state index is 0.704. The number of nitrogens with one attached hydrogen (secondary N) is 2. The van der Waals surface area contributed by atoms with Crippen LogP contribution < -0.4 is 10.6 Å². The third-order valence-corrected chi connectivity index (χ3v) is 4.17. The van der Waals surface area contributed by atoms with E-state index in [1.807, 2.05) is 0 Å². The van der Waals surface area contributed by atoms with E-state index in [-0.39, 0.29) is 0 Å².